The number of piperazine rings is 1. The molecular weight excluding hydrogens is 512 g/mol. The molecule has 4 rings (SSSR count). The predicted octanol–water partition coefficient (Wildman–Crippen LogP) is 4.32. The van der Waals surface area contributed by atoms with Crippen LogP contribution < -0.4 is 5.32 Å². The van der Waals surface area contributed by atoms with Crippen LogP contribution in [0.1, 0.15) is 35.1 Å². The van der Waals surface area contributed by atoms with E-state index in [0.717, 1.165) is 4.88 Å². The van der Waals surface area contributed by atoms with E-state index in [1.54, 1.807) is 31.2 Å². The number of benzene rings is 1. The molecule has 37 heavy (non-hydrogen) atoms. The van der Waals surface area contributed by atoms with Crippen LogP contribution in [0, 0.1) is 0 Å². The van der Waals surface area contributed by atoms with Gasteiger partial charge in [-0.2, -0.15) is 0 Å². The van der Waals surface area contributed by atoms with Crippen LogP contribution in [0.25, 0.3) is 0 Å². The van der Waals surface area contributed by atoms with E-state index < -0.39 is 12.0 Å². The summed E-state index contributed by atoms with van der Waals surface area (Å²) in [6, 6.07) is 9.74. The summed E-state index contributed by atoms with van der Waals surface area (Å²) >= 11 is 7.68. The number of amides is 3. The number of thiophene rings is 1. The van der Waals surface area contributed by atoms with Gasteiger partial charge in [0.2, 0.25) is 0 Å². The largest absolute Gasteiger partial charge is 0.463 e. The minimum Gasteiger partial charge on any atom is -0.463 e. The average molecular weight is 543 g/mol. The van der Waals surface area contributed by atoms with Crippen molar-refractivity contribution in [3.05, 3.63) is 81.2 Å². The lowest BCUT2D eigenvalue weighted by Crippen LogP contribution is -2.56. The van der Waals surface area contributed by atoms with Crippen molar-refractivity contribution in [3.63, 3.8) is 0 Å². The van der Waals surface area contributed by atoms with E-state index in [1.807, 2.05) is 35.4 Å². The molecule has 2 aromatic rings. The van der Waals surface area contributed by atoms with E-state index in [1.165, 1.54) is 16.2 Å². The number of hydrogen-bond acceptors (Lipinski definition) is 6. The lowest BCUT2D eigenvalue weighted by Gasteiger charge is -2.42. The molecule has 3 amide bonds. The zero-order valence-corrected chi connectivity index (χ0v) is 22.6. The van der Waals surface area contributed by atoms with Gasteiger partial charge in [-0.25, -0.2) is 9.59 Å². The third-order valence-corrected chi connectivity index (χ3v) is 7.60. The number of urea groups is 1. The van der Waals surface area contributed by atoms with Gasteiger partial charge >= 0.3 is 12.0 Å². The lowest BCUT2D eigenvalue weighted by atomic mass is 9.94. The SMILES string of the molecule is C=CCN1C(=O)NC(c2cccc(Cl)c2)C(C(=O)OCC)=C1CN1CCN(C(=O)c2cccs2)C(C)C1. The number of halogens is 1. The second kappa shape index (κ2) is 11.9. The molecule has 3 heterocycles. The normalized spacial score (nSPS) is 20.6. The minimum absolute atomic E-state index is 0.0277. The first kappa shape index (κ1) is 26.9. The molecule has 1 N–H and O–H groups in total. The van der Waals surface area contributed by atoms with Crippen molar-refractivity contribution in [3.8, 4) is 0 Å². The first-order chi connectivity index (χ1) is 17.8. The molecule has 1 fully saturated rings. The second-order valence-corrected chi connectivity index (χ2v) is 10.4. The third-order valence-electron chi connectivity index (χ3n) is 6.51. The Morgan fingerprint density at radius 3 is 2.73 bits per heavy atom. The Balaban J connectivity index is 1.67. The molecule has 10 heteroatoms. The first-order valence-corrected chi connectivity index (χ1v) is 13.5. The molecule has 8 nitrogen and oxygen atoms in total. The Kier molecular flexibility index (Phi) is 8.68. The number of carbonyl (C=O) groups is 3. The Hall–Kier alpha value is -3.14. The van der Waals surface area contributed by atoms with Gasteiger partial charge in [0, 0.05) is 49.5 Å². The van der Waals surface area contributed by atoms with Crippen molar-refractivity contribution < 1.29 is 19.1 Å². The number of rotatable bonds is 8. The van der Waals surface area contributed by atoms with Gasteiger partial charge < -0.3 is 15.0 Å². The van der Waals surface area contributed by atoms with Crippen molar-refractivity contribution >= 4 is 40.8 Å². The number of hydrogen-bond donors (Lipinski definition) is 1. The first-order valence-electron chi connectivity index (χ1n) is 12.2. The monoisotopic (exact) mass is 542 g/mol. The predicted molar refractivity (Wildman–Crippen MR) is 145 cm³/mol. The van der Waals surface area contributed by atoms with Gasteiger partial charge in [-0.05, 0) is 43.0 Å². The highest BCUT2D eigenvalue weighted by Gasteiger charge is 2.39. The van der Waals surface area contributed by atoms with E-state index in [0.29, 0.717) is 48.0 Å². The summed E-state index contributed by atoms with van der Waals surface area (Å²) in [6.07, 6.45) is 1.63. The fraction of sp³-hybridized carbons (Fsp3) is 0.370. The van der Waals surface area contributed by atoms with Crippen molar-refractivity contribution in [2.45, 2.75) is 25.9 Å². The standard InChI is InChI=1S/C27H31ClN4O4S/c1-4-11-32-21(17-30-12-13-31(18(3)16-30)25(33)22-10-7-14-37-22)23(26(34)36-5-2)24(29-27(32)35)19-8-6-9-20(28)15-19/h4,6-10,14-15,18,24H,1,5,11-13,16-17H2,2-3H3,(H,29,35). The fourth-order valence-electron chi connectivity index (χ4n) is 4.81. The van der Waals surface area contributed by atoms with Crippen LogP contribution in [-0.4, -0.2) is 78.0 Å². The number of nitrogens with one attached hydrogen (secondary N) is 1. The smallest absolute Gasteiger partial charge is 0.338 e. The summed E-state index contributed by atoms with van der Waals surface area (Å²) in [6.45, 7) is 10.1. The highest BCUT2D eigenvalue weighted by molar-refractivity contribution is 7.12. The van der Waals surface area contributed by atoms with E-state index in [9.17, 15) is 14.4 Å². The molecule has 196 valence electrons. The van der Waals surface area contributed by atoms with E-state index in [-0.39, 0.29) is 31.1 Å². The molecular formula is C27H31ClN4O4S. The number of nitrogens with zero attached hydrogens (tertiary/aromatic N) is 3. The van der Waals surface area contributed by atoms with Crippen molar-refractivity contribution in [2.24, 2.45) is 0 Å². The highest BCUT2D eigenvalue weighted by atomic mass is 35.5. The van der Waals surface area contributed by atoms with Gasteiger partial charge in [-0.1, -0.05) is 35.9 Å². The summed E-state index contributed by atoms with van der Waals surface area (Å²) < 4.78 is 5.45. The molecule has 0 bridgehead atoms. The Labute approximate surface area is 226 Å². The van der Waals surface area contributed by atoms with E-state index >= 15 is 0 Å². The quantitative estimate of drug-likeness (QED) is 0.397. The number of ether oxygens (including phenoxy) is 1. The summed E-state index contributed by atoms with van der Waals surface area (Å²) in [5.74, 6) is -0.462. The molecule has 2 aliphatic rings. The zero-order chi connectivity index (χ0) is 26.5. The molecule has 2 unspecified atom stereocenters. The maximum Gasteiger partial charge on any atom is 0.338 e. The Morgan fingerprint density at radius 1 is 1.27 bits per heavy atom. The van der Waals surface area contributed by atoms with Crippen LogP contribution in [0.2, 0.25) is 5.02 Å². The lowest BCUT2D eigenvalue weighted by molar-refractivity contribution is -0.139. The van der Waals surface area contributed by atoms with Crippen molar-refractivity contribution in [1.82, 2.24) is 20.0 Å². The van der Waals surface area contributed by atoms with Crippen LogP contribution in [0.5, 0.6) is 0 Å². The molecule has 1 saturated heterocycles. The van der Waals surface area contributed by atoms with Gasteiger partial charge in [-0.15, -0.1) is 17.9 Å². The van der Waals surface area contributed by atoms with Gasteiger partial charge in [0.1, 0.15) is 0 Å². The molecule has 2 aliphatic heterocycles. The Bertz CT molecular complexity index is 1200. The number of carbonyl (C=O) groups excluding carboxylic acids is 3. The van der Waals surface area contributed by atoms with Crippen LogP contribution in [0.4, 0.5) is 4.79 Å². The summed E-state index contributed by atoms with van der Waals surface area (Å²) in [5.41, 5.74) is 1.63. The minimum atomic E-state index is -0.708. The molecule has 1 aromatic carbocycles. The molecule has 0 radical (unpaired) electrons. The van der Waals surface area contributed by atoms with Crippen molar-refractivity contribution in [2.75, 3.05) is 39.3 Å². The van der Waals surface area contributed by atoms with E-state index in [4.69, 9.17) is 16.3 Å². The van der Waals surface area contributed by atoms with Crippen LogP contribution in [0.15, 0.2) is 65.7 Å². The topological polar surface area (TPSA) is 82.2 Å². The van der Waals surface area contributed by atoms with Crippen LogP contribution in [-0.2, 0) is 9.53 Å². The number of esters is 1. The zero-order valence-electron chi connectivity index (χ0n) is 21.0. The maximum absolute atomic E-state index is 13.3. The fourth-order valence-corrected chi connectivity index (χ4v) is 5.69. The molecule has 0 spiro atoms. The molecule has 0 saturated carbocycles. The maximum atomic E-state index is 13.3. The molecule has 1 aromatic heterocycles. The second-order valence-electron chi connectivity index (χ2n) is 8.98. The van der Waals surface area contributed by atoms with Gasteiger partial charge in [-0.3, -0.25) is 14.6 Å². The van der Waals surface area contributed by atoms with Gasteiger partial charge in [0.05, 0.1) is 23.1 Å². The average Bonchev–Trinajstić information content (AvgIpc) is 3.41. The molecule has 0 aliphatic carbocycles. The third kappa shape index (κ3) is 5.89. The van der Waals surface area contributed by atoms with Gasteiger partial charge in [0.25, 0.3) is 5.91 Å². The Morgan fingerprint density at radius 2 is 2.08 bits per heavy atom. The summed E-state index contributed by atoms with van der Waals surface area (Å²) in [5, 5.41) is 5.35. The van der Waals surface area contributed by atoms with E-state index in [2.05, 4.69) is 16.8 Å². The highest BCUT2D eigenvalue weighted by Crippen LogP contribution is 2.33. The van der Waals surface area contributed by atoms with Crippen LogP contribution in [0.3, 0.4) is 0 Å². The van der Waals surface area contributed by atoms with Crippen molar-refractivity contribution in [1.29, 1.82) is 0 Å². The van der Waals surface area contributed by atoms with Gasteiger partial charge in [0.15, 0.2) is 0 Å². The summed E-state index contributed by atoms with van der Waals surface area (Å²) in [7, 11) is 0. The molecule has 2 atom stereocenters. The van der Waals surface area contributed by atoms with Crippen LogP contribution >= 0.6 is 22.9 Å². The summed E-state index contributed by atoms with van der Waals surface area (Å²) in [4.78, 5) is 45.8.